The van der Waals surface area contributed by atoms with E-state index in [9.17, 15) is 4.79 Å². The molecule has 0 radical (unpaired) electrons. The Bertz CT molecular complexity index is 207. The fourth-order valence-corrected chi connectivity index (χ4v) is 0.676. The van der Waals surface area contributed by atoms with Crippen molar-refractivity contribution in [3.8, 4) is 0 Å². The van der Waals surface area contributed by atoms with Crippen molar-refractivity contribution in [1.82, 2.24) is 0 Å². The fourth-order valence-electron chi connectivity index (χ4n) is 0.676. The summed E-state index contributed by atoms with van der Waals surface area (Å²) in [5.74, 6) is -0.369. The summed E-state index contributed by atoms with van der Waals surface area (Å²) in [6, 6.07) is 0. The summed E-state index contributed by atoms with van der Waals surface area (Å²) in [7, 11) is 0. The first kappa shape index (κ1) is 12.8. The molecule has 0 unspecified atom stereocenters. The monoisotopic (exact) mass is 198 g/mol. The molecule has 0 aromatic heterocycles. The minimum absolute atomic E-state index is 0.266. The number of carbonyl (C=O) groups excluding carboxylic acids is 1. The Morgan fingerprint density at radius 1 is 1.43 bits per heavy atom. The van der Waals surface area contributed by atoms with E-state index in [1.165, 1.54) is 0 Å². The van der Waals surface area contributed by atoms with Crippen LogP contribution in [0.25, 0.3) is 0 Å². The SMILES string of the molecule is C=C(C)C(=O)OCCOC=CCCC. The van der Waals surface area contributed by atoms with Gasteiger partial charge in [0.15, 0.2) is 0 Å². The molecule has 0 aromatic rings. The third kappa shape index (κ3) is 7.40. The number of esters is 1. The number of allylic oxidation sites excluding steroid dienone is 1. The highest BCUT2D eigenvalue weighted by molar-refractivity contribution is 5.86. The first-order chi connectivity index (χ1) is 6.68. The van der Waals surface area contributed by atoms with Gasteiger partial charge in [-0.15, -0.1) is 0 Å². The van der Waals surface area contributed by atoms with Crippen LogP contribution in [0.2, 0.25) is 0 Å². The van der Waals surface area contributed by atoms with E-state index in [-0.39, 0.29) is 12.6 Å². The van der Waals surface area contributed by atoms with Crippen LogP contribution in [0.1, 0.15) is 26.7 Å². The van der Waals surface area contributed by atoms with Crippen LogP contribution < -0.4 is 0 Å². The molecule has 80 valence electrons. The van der Waals surface area contributed by atoms with Crippen molar-refractivity contribution < 1.29 is 14.3 Å². The first-order valence-corrected chi connectivity index (χ1v) is 4.77. The van der Waals surface area contributed by atoms with Gasteiger partial charge in [0.25, 0.3) is 0 Å². The van der Waals surface area contributed by atoms with Crippen molar-refractivity contribution in [3.05, 3.63) is 24.5 Å². The van der Waals surface area contributed by atoms with E-state index in [0.717, 1.165) is 12.8 Å². The minimum atomic E-state index is -0.369. The van der Waals surface area contributed by atoms with E-state index in [2.05, 4.69) is 13.5 Å². The maximum absolute atomic E-state index is 10.9. The fraction of sp³-hybridized carbons (Fsp3) is 0.545. The quantitative estimate of drug-likeness (QED) is 0.273. The van der Waals surface area contributed by atoms with Crippen LogP contribution in [-0.2, 0) is 14.3 Å². The lowest BCUT2D eigenvalue weighted by molar-refractivity contribution is -0.139. The zero-order valence-electron chi connectivity index (χ0n) is 8.91. The normalized spacial score (nSPS) is 10.1. The highest BCUT2D eigenvalue weighted by Gasteiger charge is 2.00. The Balaban J connectivity index is 3.29. The summed E-state index contributed by atoms with van der Waals surface area (Å²) in [6.45, 7) is 7.83. The molecular formula is C11H18O3. The smallest absolute Gasteiger partial charge is 0.333 e. The van der Waals surface area contributed by atoms with E-state index >= 15 is 0 Å². The molecule has 0 fully saturated rings. The van der Waals surface area contributed by atoms with Gasteiger partial charge in [-0.3, -0.25) is 0 Å². The molecule has 0 saturated carbocycles. The molecule has 0 saturated heterocycles. The lowest BCUT2D eigenvalue weighted by Crippen LogP contribution is -2.09. The Morgan fingerprint density at radius 2 is 2.14 bits per heavy atom. The van der Waals surface area contributed by atoms with Crippen molar-refractivity contribution in [2.24, 2.45) is 0 Å². The van der Waals surface area contributed by atoms with Crippen LogP contribution in [0.5, 0.6) is 0 Å². The third-order valence-electron chi connectivity index (χ3n) is 1.43. The number of unbranched alkanes of at least 4 members (excludes halogenated alkanes) is 1. The van der Waals surface area contributed by atoms with Crippen LogP contribution in [0.4, 0.5) is 0 Å². The molecule has 0 rings (SSSR count). The topological polar surface area (TPSA) is 35.5 Å². The van der Waals surface area contributed by atoms with Gasteiger partial charge in [0.1, 0.15) is 13.2 Å². The Hall–Kier alpha value is -1.25. The van der Waals surface area contributed by atoms with Crippen molar-refractivity contribution in [3.63, 3.8) is 0 Å². The minimum Gasteiger partial charge on any atom is -0.498 e. The van der Waals surface area contributed by atoms with Crippen LogP contribution in [0, 0.1) is 0 Å². The molecule has 0 aliphatic heterocycles. The summed E-state index contributed by atoms with van der Waals surface area (Å²) < 4.78 is 9.89. The molecule has 3 heteroatoms. The molecule has 0 heterocycles. The predicted molar refractivity (Wildman–Crippen MR) is 55.8 cm³/mol. The highest BCUT2D eigenvalue weighted by atomic mass is 16.6. The Morgan fingerprint density at radius 3 is 2.71 bits per heavy atom. The lowest BCUT2D eigenvalue weighted by atomic mass is 10.3. The first-order valence-electron chi connectivity index (χ1n) is 4.77. The number of carbonyl (C=O) groups is 1. The van der Waals surface area contributed by atoms with E-state index in [1.807, 2.05) is 6.08 Å². The van der Waals surface area contributed by atoms with Crippen molar-refractivity contribution in [2.45, 2.75) is 26.7 Å². The number of hydrogen-bond donors (Lipinski definition) is 0. The van der Waals surface area contributed by atoms with Crippen molar-refractivity contribution in [2.75, 3.05) is 13.2 Å². The molecule has 0 bridgehead atoms. The molecule has 0 N–H and O–H groups in total. The van der Waals surface area contributed by atoms with Crippen molar-refractivity contribution >= 4 is 5.97 Å². The average molecular weight is 198 g/mol. The van der Waals surface area contributed by atoms with E-state index in [0.29, 0.717) is 12.2 Å². The van der Waals surface area contributed by atoms with Gasteiger partial charge in [0, 0.05) is 5.57 Å². The van der Waals surface area contributed by atoms with Gasteiger partial charge in [0.05, 0.1) is 6.26 Å². The number of ether oxygens (including phenoxy) is 2. The molecule has 0 atom stereocenters. The maximum atomic E-state index is 10.9. The second-order valence-corrected chi connectivity index (χ2v) is 2.95. The predicted octanol–water partition coefficient (Wildman–Crippen LogP) is 2.44. The molecule has 0 aliphatic rings. The third-order valence-corrected chi connectivity index (χ3v) is 1.43. The summed E-state index contributed by atoms with van der Waals surface area (Å²) in [4.78, 5) is 10.9. The van der Waals surface area contributed by atoms with Crippen LogP contribution in [0.15, 0.2) is 24.5 Å². The largest absolute Gasteiger partial charge is 0.498 e. The second kappa shape index (κ2) is 8.35. The molecule has 3 nitrogen and oxygen atoms in total. The van der Waals surface area contributed by atoms with Gasteiger partial charge in [-0.2, -0.15) is 0 Å². The summed E-state index contributed by atoms with van der Waals surface area (Å²) in [6.07, 6.45) is 5.69. The standard InChI is InChI=1S/C11H18O3/c1-4-5-6-7-13-8-9-14-11(12)10(2)3/h6-7H,2,4-5,8-9H2,1,3H3. The van der Waals surface area contributed by atoms with Gasteiger partial charge in [-0.25, -0.2) is 4.79 Å². The van der Waals surface area contributed by atoms with E-state index in [4.69, 9.17) is 9.47 Å². The van der Waals surface area contributed by atoms with Crippen molar-refractivity contribution in [1.29, 1.82) is 0 Å². The zero-order valence-corrected chi connectivity index (χ0v) is 8.91. The lowest BCUT2D eigenvalue weighted by Gasteiger charge is -2.03. The van der Waals surface area contributed by atoms with Gasteiger partial charge in [-0.1, -0.05) is 19.9 Å². The van der Waals surface area contributed by atoms with E-state index in [1.54, 1.807) is 13.2 Å². The Kier molecular flexibility index (Phi) is 7.61. The van der Waals surface area contributed by atoms with Gasteiger partial charge in [-0.05, 0) is 19.4 Å². The summed E-state index contributed by atoms with van der Waals surface area (Å²) in [5.41, 5.74) is 0.409. The van der Waals surface area contributed by atoms with E-state index < -0.39 is 0 Å². The molecule has 0 aliphatic carbocycles. The summed E-state index contributed by atoms with van der Waals surface area (Å²) >= 11 is 0. The summed E-state index contributed by atoms with van der Waals surface area (Å²) in [5, 5.41) is 0. The molecule has 0 aromatic carbocycles. The maximum Gasteiger partial charge on any atom is 0.333 e. The highest BCUT2D eigenvalue weighted by Crippen LogP contribution is 1.92. The zero-order chi connectivity index (χ0) is 10.8. The van der Waals surface area contributed by atoms with Gasteiger partial charge < -0.3 is 9.47 Å². The number of rotatable bonds is 7. The molecule has 14 heavy (non-hydrogen) atoms. The number of hydrogen-bond acceptors (Lipinski definition) is 3. The molecule has 0 spiro atoms. The van der Waals surface area contributed by atoms with Crippen LogP contribution in [-0.4, -0.2) is 19.2 Å². The van der Waals surface area contributed by atoms with Crippen LogP contribution >= 0.6 is 0 Å². The Labute approximate surface area is 85.4 Å². The average Bonchev–Trinajstić information content (AvgIpc) is 2.16. The van der Waals surface area contributed by atoms with Crippen LogP contribution in [0.3, 0.4) is 0 Å². The molecular weight excluding hydrogens is 180 g/mol. The molecule has 0 amide bonds. The second-order valence-electron chi connectivity index (χ2n) is 2.95. The van der Waals surface area contributed by atoms with Gasteiger partial charge >= 0.3 is 5.97 Å². The van der Waals surface area contributed by atoms with Gasteiger partial charge in [0.2, 0.25) is 0 Å².